The van der Waals surface area contributed by atoms with Crippen LogP contribution < -0.4 is 0 Å². The first-order valence-electron chi connectivity index (χ1n) is 5.37. The maximum absolute atomic E-state index is 10.3. The molecule has 1 unspecified atom stereocenters. The Morgan fingerprint density at radius 1 is 0.929 bits per heavy atom. The Hall–Kier alpha value is -0.440. The molecule has 3 atom stereocenters. The Morgan fingerprint density at radius 2 is 1.21 bits per heavy atom. The van der Waals surface area contributed by atoms with Crippen LogP contribution in [0.5, 0.6) is 0 Å². The van der Waals surface area contributed by atoms with Gasteiger partial charge in [0.25, 0.3) is 0 Å². The van der Waals surface area contributed by atoms with Crippen LogP contribution in [0.25, 0.3) is 0 Å². The summed E-state index contributed by atoms with van der Waals surface area (Å²) in [4.78, 5) is 0. The van der Waals surface area contributed by atoms with Gasteiger partial charge in [0.15, 0.2) is 0 Å². The minimum Gasteiger partial charge on any atom is -0.388 e. The average Bonchev–Trinajstić information content (AvgIpc) is 2.32. The summed E-state index contributed by atoms with van der Waals surface area (Å²) >= 11 is 0. The molecule has 0 fully saturated rings. The summed E-state index contributed by atoms with van der Waals surface area (Å²) in [6, 6.07) is 0. The number of azo groups is 1. The SMILES string of the molecule is CC(C)[C@]1(C)N=N[C@](C)(C(C)C)C1O. The fourth-order valence-corrected chi connectivity index (χ4v) is 1.78. The van der Waals surface area contributed by atoms with E-state index >= 15 is 0 Å². The highest BCUT2D eigenvalue weighted by Crippen LogP contribution is 2.43. The van der Waals surface area contributed by atoms with Crippen LogP contribution in [-0.4, -0.2) is 22.3 Å². The van der Waals surface area contributed by atoms with Gasteiger partial charge in [-0.1, -0.05) is 27.7 Å². The Labute approximate surface area is 86.6 Å². The van der Waals surface area contributed by atoms with Crippen molar-refractivity contribution in [2.45, 2.75) is 58.7 Å². The second kappa shape index (κ2) is 3.30. The molecule has 82 valence electrons. The quantitative estimate of drug-likeness (QED) is 0.728. The van der Waals surface area contributed by atoms with Gasteiger partial charge in [0.1, 0.15) is 17.2 Å². The van der Waals surface area contributed by atoms with Gasteiger partial charge in [-0.2, -0.15) is 10.2 Å². The molecule has 0 bridgehead atoms. The molecule has 3 heteroatoms. The van der Waals surface area contributed by atoms with Crippen molar-refractivity contribution in [3.05, 3.63) is 0 Å². The first-order chi connectivity index (χ1) is 6.25. The molecule has 1 heterocycles. The predicted molar refractivity (Wildman–Crippen MR) is 57.3 cm³/mol. The van der Waals surface area contributed by atoms with Crippen molar-refractivity contribution in [3.63, 3.8) is 0 Å². The molecule has 3 nitrogen and oxygen atoms in total. The molecule has 0 saturated heterocycles. The number of nitrogens with zero attached hydrogens (tertiary/aromatic N) is 2. The van der Waals surface area contributed by atoms with Crippen molar-refractivity contribution >= 4 is 0 Å². The topological polar surface area (TPSA) is 45.0 Å². The smallest absolute Gasteiger partial charge is 0.109 e. The number of hydrogen-bond donors (Lipinski definition) is 1. The fraction of sp³-hybridized carbons (Fsp3) is 1.00. The second-order valence-corrected chi connectivity index (χ2v) is 5.36. The van der Waals surface area contributed by atoms with E-state index in [4.69, 9.17) is 0 Å². The van der Waals surface area contributed by atoms with Crippen LogP contribution in [-0.2, 0) is 0 Å². The predicted octanol–water partition coefficient (Wildman–Crippen LogP) is 2.64. The molecule has 0 spiro atoms. The van der Waals surface area contributed by atoms with Crippen molar-refractivity contribution in [2.24, 2.45) is 22.1 Å². The van der Waals surface area contributed by atoms with E-state index in [-0.39, 0.29) is 0 Å². The van der Waals surface area contributed by atoms with Crippen LogP contribution in [0, 0.1) is 11.8 Å². The van der Waals surface area contributed by atoms with Crippen LogP contribution in [0.4, 0.5) is 0 Å². The van der Waals surface area contributed by atoms with Gasteiger partial charge in [-0.15, -0.1) is 0 Å². The molecule has 1 N–H and O–H groups in total. The summed E-state index contributed by atoms with van der Waals surface area (Å²) in [7, 11) is 0. The highest BCUT2D eigenvalue weighted by molar-refractivity contribution is 5.10. The number of hydrogen-bond acceptors (Lipinski definition) is 3. The maximum Gasteiger partial charge on any atom is 0.109 e. The van der Waals surface area contributed by atoms with E-state index in [1.54, 1.807) is 0 Å². The summed E-state index contributed by atoms with van der Waals surface area (Å²) in [5.74, 6) is 0.614. The van der Waals surface area contributed by atoms with E-state index in [0.29, 0.717) is 11.8 Å². The van der Waals surface area contributed by atoms with E-state index < -0.39 is 17.2 Å². The standard InChI is InChI=1S/C11H22N2O/c1-7(2)10(5)9(14)11(6,8(3)4)13-12-10/h7-9,14H,1-6H3/t9?,10-,11+. The molecule has 1 rings (SSSR count). The Kier molecular flexibility index (Phi) is 2.74. The number of aliphatic hydroxyl groups excluding tert-OH is 1. The van der Waals surface area contributed by atoms with E-state index in [0.717, 1.165) is 0 Å². The van der Waals surface area contributed by atoms with Crippen molar-refractivity contribution < 1.29 is 5.11 Å². The number of aliphatic hydroxyl groups is 1. The maximum atomic E-state index is 10.3. The van der Waals surface area contributed by atoms with Crippen molar-refractivity contribution in [1.29, 1.82) is 0 Å². The first-order valence-corrected chi connectivity index (χ1v) is 5.37. The van der Waals surface area contributed by atoms with E-state index in [1.165, 1.54) is 0 Å². The van der Waals surface area contributed by atoms with Crippen LogP contribution in [0.1, 0.15) is 41.5 Å². The molecule has 0 saturated carbocycles. The second-order valence-electron chi connectivity index (χ2n) is 5.36. The molecular formula is C11H22N2O. The third kappa shape index (κ3) is 1.38. The zero-order valence-corrected chi connectivity index (χ0v) is 10.1. The van der Waals surface area contributed by atoms with E-state index in [1.807, 2.05) is 13.8 Å². The minimum atomic E-state index is -0.477. The van der Waals surface area contributed by atoms with Gasteiger partial charge in [-0.05, 0) is 25.7 Å². The van der Waals surface area contributed by atoms with Gasteiger partial charge >= 0.3 is 0 Å². The summed E-state index contributed by atoms with van der Waals surface area (Å²) < 4.78 is 0. The molecule has 14 heavy (non-hydrogen) atoms. The van der Waals surface area contributed by atoms with Crippen LogP contribution in [0.15, 0.2) is 10.2 Å². The first kappa shape index (κ1) is 11.6. The molecule has 1 aliphatic heterocycles. The summed E-state index contributed by atoms with van der Waals surface area (Å²) in [6.45, 7) is 12.3. The lowest BCUT2D eigenvalue weighted by molar-refractivity contribution is 0.0215. The van der Waals surface area contributed by atoms with Crippen molar-refractivity contribution in [1.82, 2.24) is 0 Å². The highest BCUT2D eigenvalue weighted by atomic mass is 16.3. The van der Waals surface area contributed by atoms with Crippen LogP contribution in [0.2, 0.25) is 0 Å². The lowest BCUT2D eigenvalue weighted by Gasteiger charge is -2.36. The average molecular weight is 198 g/mol. The fourth-order valence-electron chi connectivity index (χ4n) is 1.78. The van der Waals surface area contributed by atoms with E-state index in [9.17, 15) is 5.11 Å². The zero-order valence-electron chi connectivity index (χ0n) is 10.1. The largest absolute Gasteiger partial charge is 0.388 e. The molecule has 0 aromatic rings. The Morgan fingerprint density at radius 3 is 1.36 bits per heavy atom. The van der Waals surface area contributed by atoms with Gasteiger partial charge in [0.05, 0.1) is 0 Å². The van der Waals surface area contributed by atoms with Gasteiger partial charge in [0, 0.05) is 0 Å². The normalized spacial score (nSPS) is 38.9. The molecule has 0 aromatic heterocycles. The minimum absolute atomic E-state index is 0.307. The summed E-state index contributed by atoms with van der Waals surface area (Å²) in [5.41, 5.74) is -0.835. The Bertz CT molecular complexity index is 226. The van der Waals surface area contributed by atoms with Crippen molar-refractivity contribution in [2.75, 3.05) is 0 Å². The highest BCUT2D eigenvalue weighted by Gasteiger charge is 2.53. The molecule has 0 aromatic carbocycles. The van der Waals surface area contributed by atoms with Gasteiger partial charge < -0.3 is 5.11 Å². The van der Waals surface area contributed by atoms with E-state index in [2.05, 4.69) is 37.9 Å². The van der Waals surface area contributed by atoms with Gasteiger partial charge in [-0.25, -0.2) is 0 Å². The lowest BCUT2D eigenvalue weighted by Crippen LogP contribution is -2.51. The monoisotopic (exact) mass is 198 g/mol. The molecular weight excluding hydrogens is 176 g/mol. The van der Waals surface area contributed by atoms with Crippen LogP contribution >= 0.6 is 0 Å². The molecule has 0 radical (unpaired) electrons. The van der Waals surface area contributed by atoms with Crippen LogP contribution in [0.3, 0.4) is 0 Å². The third-order valence-corrected chi connectivity index (χ3v) is 3.93. The van der Waals surface area contributed by atoms with Crippen molar-refractivity contribution in [3.8, 4) is 0 Å². The summed E-state index contributed by atoms with van der Waals surface area (Å²) in [6.07, 6.45) is -0.477. The zero-order chi connectivity index (χ0) is 11.1. The molecule has 1 aliphatic rings. The lowest BCUT2D eigenvalue weighted by atomic mass is 9.73. The van der Waals surface area contributed by atoms with Gasteiger partial charge in [-0.3, -0.25) is 0 Å². The molecule has 0 aliphatic carbocycles. The summed E-state index contributed by atoms with van der Waals surface area (Å²) in [5, 5.41) is 18.9. The Balaban J connectivity index is 3.00. The number of rotatable bonds is 2. The molecule has 0 amide bonds. The van der Waals surface area contributed by atoms with Gasteiger partial charge in [0.2, 0.25) is 0 Å². The third-order valence-electron chi connectivity index (χ3n) is 3.93.